The molecule has 0 spiro atoms. The molecule has 20 heavy (non-hydrogen) atoms. The van der Waals surface area contributed by atoms with Gasteiger partial charge in [0.15, 0.2) is 0 Å². The Bertz CT molecular complexity index is 451. The van der Waals surface area contributed by atoms with E-state index in [1.807, 2.05) is 25.1 Å². The van der Waals surface area contributed by atoms with E-state index >= 15 is 0 Å². The SMILES string of the molecule is Cc1ccc(N)cc1NC(=O)CN1CCCCCCC1. The van der Waals surface area contributed by atoms with Crippen LogP contribution in [0, 0.1) is 6.92 Å². The summed E-state index contributed by atoms with van der Waals surface area (Å²) in [5.41, 5.74) is 8.30. The molecule has 1 heterocycles. The Balaban J connectivity index is 1.89. The Morgan fingerprint density at radius 3 is 2.55 bits per heavy atom. The molecule has 1 saturated heterocycles. The van der Waals surface area contributed by atoms with Crippen LogP contribution in [0.2, 0.25) is 0 Å². The van der Waals surface area contributed by atoms with E-state index in [2.05, 4.69) is 10.2 Å². The maximum Gasteiger partial charge on any atom is 0.238 e. The zero-order valence-electron chi connectivity index (χ0n) is 12.3. The number of carbonyl (C=O) groups excluding carboxylic acids is 1. The minimum Gasteiger partial charge on any atom is -0.399 e. The molecule has 0 unspecified atom stereocenters. The number of nitrogens with one attached hydrogen (secondary N) is 1. The molecule has 4 heteroatoms. The number of likely N-dealkylation sites (tertiary alicyclic amines) is 1. The van der Waals surface area contributed by atoms with Gasteiger partial charge in [-0.2, -0.15) is 0 Å². The van der Waals surface area contributed by atoms with Gasteiger partial charge < -0.3 is 11.1 Å². The first kappa shape index (κ1) is 14.9. The van der Waals surface area contributed by atoms with Crippen molar-refractivity contribution < 1.29 is 4.79 Å². The van der Waals surface area contributed by atoms with Gasteiger partial charge in [-0.05, 0) is 50.6 Å². The molecule has 1 aromatic carbocycles. The summed E-state index contributed by atoms with van der Waals surface area (Å²) >= 11 is 0. The second-order valence-electron chi connectivity index (χ2n) is 5.67. The molecule has 0 aliphatic carbocycles. The highest BCUT2D eigenvalue weighted by molar-refractivity contribution is 5.93. The Labute approximate surface area is 121 Å². The second kappa shape index (κ2) is 7.29. The number of amides is 1. The summed E-state index contributed by atoms with van der Waals surface area (Å²) in [5, 5.41) is 2.97. The number of benzene rings is 1. The van der Waals surface area contributed by atoms with Gasteiger partial charge in [0.05, 0.1) is 6.54 Å². The molecule has 0 radical (unpaired) electrons. The number of nitrogens with zero attached hydrogens (tertiary/aromatic N) is 1. The molecule has 2 rings (SSSR count). The van der Waals surface area contributed by atoms with Crippen LogP contribution in [0.4, 0.5) is 11.4 Å². The number of anilines is 2. The maximum atomic E-state index is 12.1. The van der Waals surface area contributed by atoms with Crippen molar-refractivity contribution in [2.45, 2.75) is 39.0 Å². The summed E-state index contributed by atoms with van der Waals surface area (Å²) in [5.74, 6) is 0.0549. The van der Waals surface area contributed by atoms with Gasteiger partial charge in [0.2, 0.25) is 5.91 Å². The molecule has 4 nitrogen and oxygen atoms in total. The van der Waals surface area contributed by atoms with Crippen LogP contribution in [0.15, 0.2) is 18.2 Å². The first-order valence-electron chi connectivity index (χ1n) is 7.53. The van der Waals surface area contributed by atoms with Gasteiger partial charge in [-0.1, -0.05) is 25.3 Å². The van der Waals surface area contributed by atoms with Crippen LogP contribution in [0.5, 0.6) is 0 Å². The van der Waals surface area contributed by atoms with Gasteiger partial charge >= 0.3 is 0 Å². The maximum absolute atomic E-state index is 12.1. The molecule has 1 aromatic rings. The van der Waals surface area contributed by atoms with Gasteiger partial charge in [-0.3, -0.25) is 9.69 Å². The monoisotopic (exact) mass is 275 g/mol. The fourth-order valence-corrected chi connectivity index (χ4v) is 2.64. The summed E-state index contributed by atoms with van der Waals surface area (Å²) in [6, 6.07) is 5.60. The summed E-state index contributed by atoms with van der Waals surface area (Å²) < 4.78 is 0. The number of aryl methyl sites for hydroxylation is 1. The van der Waals surface area contributed by atoms with Crippen LogP contribution in [-0.2, 0) is 4.79 Å². The molecule has 0 aromatic heterocycles. The third-order valence-electron chi connectivity index (χ3n) is 3.85. The highest BCUT2D eigenvalue weighted by Crippen LogP contribution is 2.18. The average molecular weight is 275 g/mol. The van der Waals surface area contributed by atoms with E-state index in [4.69, 9.17) is 5.73 Å². The predicted molar refractivity (Wildman–Crippen MR) is 83.7 cm³/mol. The van der Waals surface area contributed by atoms with Crippen LogP contribution in [0.3, 0.4) is 0 Å². The van der Waals surface area contributed by atoms with Crippen molar-refractivity contribution >= 4 is 17.3 Å². The summed E-state index contributed by atoms with van der Waals surface area (Å²) in [6.45, 7) is 4.52. The second-order valence-corrected chi connectivity index (χ2v) is 5.67. The number of nitrogens with two attached hydrogens (primary N) is 1. The van der Waals surface area contributed by atoms with Crippen molar-refractivity contribution in [3.63, 3.8) is 0 Å². The molecule has 1 amide bonds. The highest BCUT2D eigenvalue weighted by Gasteiger charge is 2.13. The Morgan fingerprint density at radius 2 is 1.85 bits per heavy atom. The Morgan fingerprint density at radius 1 is 1.20 bits per heavy atom. The molecule has 0 atom stereocenters. The van der Waals surface area contributed by atoms with Gasteiger partial charge in [0, 0.05) is 11.4 Å². The quantitative estimate of drug-likeness (QED) is 0.834. The van der Waals surface area contributed by atoms with E-state index in [0.29, 0.717) is 12.2 Å². The minimum atomic E-state index is 0.0549. The van der Waals surface area contributed by atoms with Crippen molar-refractivity contribution in [2.24, 2.45) is 0 Å². The van der Waals surface area contributed by atoms with Crippen LogP contribution < -0.4 is 11.1 Å². The molecule has 3 N–H and O–H groups in total. The Kier molecular flexibility index (Phi) is 5.41. The van der Waals surface area contributed by atoms with Crippen molar-refractivity contribution in [3.05, 3.63) is 23.8 Å². The van der Waals surface area contributed by atoms with Crippen LogP contribution in [-0.4, -0.2) is 30.4 Å². The molecule has 1 aliphatic rings. The lowest BCUT2D eigenvalue weighted by molar-refractivity contribution is -0.117. The van der Waals surface area contributed by atoms with Crippen molar-refractivity contribution in [1.82, 2.24) is 4.90 Å². The number of nitrogen functional groups attached to an aromatic ring is 1. The third kappa shape index (κ3) is 4.53. The highest BCUT2D eigenvalue weighted by atomic mass is 16.2. The molecular weight excluding hydrogens is 250 g/mol. The largest absolute Gasteiger partial charge is 0.399 e. The lowest BCUT2D eigenvalue weighted by atomic mass is 10.1. The minimum absolute atomic E-state index is 0.0549. The van der Waals surface area contributed by atoms with E-state index in [9.17, 15) is 4.79 Å². The predicted octanol–water partition coefficient (Wildman–Crippen LogP) is 2.78. The topological polar surface area (TPSA) is 58.4 Å². The van der Waals surface area contributed by atoms with E-state index in [1.54, 1.807) is 0 Å². The first-order valence-corrected chi connectivity index (χ1v) is 7.53. The van der Waals surface area contributed by atoms with Gasteiger partial charge in [-0.15, -0.1) is 0 Å². The number of carbonyl (C=O) groups is 1. The normalized spacial score (nSPS) is 17.2. The molecule has 0 bridgehead atoms. The van der Waals surface area contributed by atoms with E-state index in [1.165, 1.54) is 32.1 Å². The van der Waals surface area contributed by atoms with Crippen molar-refractivity contribution in [3.8, 4) is 0 Å². The fraction of sp³-hybridized carbons (Fsp3) is 0.562. The van der Waals surface area contributed by atoms with Gasteiger partial charge in [0.25, 0.3) is 0 Å². The third-order valence-corrected chi connectivity index (χ3v) is 3.85. The number of rotatable bonds is 3. The van der Waals surface area contributed by atoms with Gasteiger partial charge in [-0.25, -0.2) is 0 Å². The van der Waals surface area contributed by atoms with E-state index < -0.39 is 0 Å². The zero-order valence-corrected chi connectivity index (χ0v) is 12.3. The van der Waals surface area contributed by atoms with Crippen LogP contribution >= 0.6 is 0 Å². The summed E-state index contributed by atoms with van der Waals surface area (Å²) in [4.78, 5) is 14.4. The van der Waals surface area contributed by atoms with Crippen molar-refractivity contribution in [1.29, 1.82) is 0 Å². The lowest BCUT2D eigenvalue weighted by Crippen LogP contribution is -2.35. The van der Waals surface area contributed by atoms with Crippen molar-refractivity contribution in [2.75, 3.05) is 30.7 Å². The zero-order chi connectivity index (χ0) is 14.4. The van der Waals surface area contributed by atoms with E-state index in [-0.39, 0.29) is 5.91 Å². The smallest absolute Gasteiger partial charge is 0.238 e. The van der Waals surface area contributed by atoms with Crippen LogP contribution in [0.1, 0.15) is 37.7 Å². The number of hydrogen-bond acceptors (Lipinski definition) is 3. The molecule has 1 aliphatic heterocycles. The molecule has 110 valence electrons. The fourth-order valence-electron chi connectivity index (χ4n) is 2.64. The molecular formula is C16H25N3O. The average Bonchev–Trinajstić information content (AvgIpc) is 2.37. The standard InChI is InChI=1S/C16H25N3O/c1-13-7-8-14(17)11-15(13)18-16(20)12-19-9-5-3-2-4-6-10-19/h7-8,11H,2-6,9-10,12,17H2,1H3,(H,18,20). The summed E-state index contributed by atoms with van der Waals surface area (Å²) in [6.07, 6.45) is 6.30. The Hall–Kier alpha value is -1.55. The van der Waals surface area contributed by atoms with E-state index in [0.717, 1.165) is 24.3 Å². The summed E-state index contributed by atoms with van der Waals surface area (Å²) in [7, 11) is 0. The first-order chi connectivity index (χ1) is 9.65. The number of hydrogen-bond donors (Lipinski definition) is 2. The molecule has 1 fully saturated rings. The van der Waals surface area contributed by atoms with Gasteiger partial charge in [0.1, 0.15) is 0 Å². The molecule has 0 saturated carbocycles. The van der Waals surface area contributed by atoms with Crippen LogP contribution in [0.25, 0.3) is 0 Å². The lowest BCUT2D eigenvalue weighted by Gasteiger charge is -2.24.